The Morgan fingerprint density at radius 2 is 1.79 bits per heavy atom. The molecule has 1 fully saturated rings. The molecule has 1 aliphatic rings. The van der Waals surface area contributed by atoms with Gasteiger partial charge in [-0.05, 0) is 24.1 Å². The zero-order chi connectivity index (χ0) is 23.9. The molecule has 0 aliphatic carbocycles. The number of rotatable bonds is 9. The summed E-state index contributed by atoms with van der Waals surface area (Å²) in [6.07, 6.45) is 1.25. The number of amides is 1. The van der Waals surface area contributed by atoms with E-state index in [0.717, 1.165) is 46.5 Å². The molecule has 0 radical (unpaired) electrons. The number of Topliss-reactive ketones (excluding diaryl/α,β-unsaturated/α-hetero) is 1. The first kappa shape index (κ1) is 24.3. The summed E-state index contributed by atoms with van der Waals surface area (Å²) in [4.78, 5) is 34.0. The van der Waals surface area contributed by atoms with E-state index >= 15 is 0 Å². The van der Waals surface area contributed by atoms with Crippen molar-refractivity contribution in [3.8, 4) is 5.75 Å². The van der Waals surface area contributed by atoms with Gasteiger partial charge < -0.3 is 14.5 Å². The number of ketones is 1. The molecule has 0 spiro atoms. The number of benzene rings is 2. The lowest BCUT2D eigenvalue weighted by Gasteiger charge is -2.36. The molecule has 1 saturated heterocycles. The number of hydrogen-bond donors (Lipinski definition) is 0. The van der Waals surface area contributed by atoms with Gasteiger partial charge >= 0.3 is 0 Å². The summed E-state index contributed by atoms with van der Waals surface area (Å²) in [5, 5.41) is 1.92. The Kier molecular flexibility index (Phi) is 8.24. The van der Waals surface area contributed by atoms with Crippen molar-refractivity contribution in [3.63, 3.8) is 0 Å². The van der Waals surface area contributed by atoms with Crippen LogP contribution in [0.5, 0.6) is 5.75 Å². The quantitative estimate of drug-likeness (QED) is 0.320. The van der Waals surface area contributed by atoms with Crippen molar-refractivity contribution in [3.05, 3.63) is 70.7 Å². The van der Waals surface area contributed by atoms with Crippen LogP contribution in [0.25, 0.3) is 0 Å². The van der Waals surface area contributed by atoms with Crippen LogP contribution in [-0.2, 0) is 17.6 Å². The molecule has 178 valence electrons. The van der Waals surface area contributed by atoms with Crippen molar-refractivity contribution in [2.45, 2.75) is 24.1 Å². The minimum Gasteiger partial charge on any atom is -0.495 e. The molecule has 2 heterocycles. The van der Waals surface area contributed by atoms with Gasteiger partial charge in [0.25, 0.3) is 0 Å². The van der Waals surface area contributed by atoms with E-state index in [1.807, 2.05) is 52.7 Å². The van der Waals surface area contributed by atoms with Crippen LogP contribution < -0.4 is 9.64 Å². The van der Waals surface area contributed by atoms with Crippen molar-refractivity contribution in [1.82, 2.24) is 9.88 Å². The highest BCUT2D eigenvalue weighted by molar-refractivity contribution is 8.01. The van der Waals surface area contributed by atoms with Crippen LogP contribution in [0.3, 0.4) is 0 Å². The Labute approximate surface area is 208 Å². The molecule has 3 aromatic rings. The fourth-order valence-electron chi connectivity index (χ4n) is 3.93. The highest BCUT2D eigenvalue weighted by atomic mass is 32.2. The summed E-state index contributed by atoms with van der Waals surface area (Å²) in [5.74, 6) is 1.38. The number of aryl methyl sites for hydroxylation is 1. The van der Waals surface area contributed by atoms with Gasteiger partial charge in [0.2, 0.25) is 5.91 Å². The lowest BCUT2D eigenvalue weighted by atomic mass is 10.1. The molecule has 1 aromatic heterocycles. The maximum Gasteiger partial charge on any atom is 0.228 e. The van der Waals surface area contributed by atoms with E-state index in [1.54, 1.807) is 7.11 Å². The first-order valence-electron chi connectivity index (χ1n) is 11.4. The molecular weight excluding hydrogens is 466 g/mol. The molecule has 0 atom stereocenters. The monoisotopic (exact) mass is 495 g/mol. The number of methoxy groups -OCH3 is 1. The maximum atomic E-state index is 12.8. The lowest BCUT2D eigenvalue weighted by Crippen LogP contribution is -2.49. The SMILES string of the molecule is CCc1ccc(C(=O)CSc2nc(CC(=O)N3CCN(c4ccccc4OC)CC3)cs2)cc1. The standard InChI is InChI=1S/C26H29N3O3S2/c1-3-19-8-10-20(11-9-19)23(30)18-34-26-27-21(17-33-26)16-25(31)29-14-12-28(13-15-29)22-6-4-5-7-24(22)32-2/h4-11,17H,3,12-16,18H2,1-2H3. The van der Waals surface area contributed by atoms with Gasteiger partial charge in [0, 0.05) is 37.1 Å². The highest BCUT2D eigenvalue weighted by Crippen LogP contribution is 2.29. The average molecular weight is 496 g/mol. The lowest BCUT2D eigenvalue weighted by molar-refractivity contribution is -0.130. The molecule has 0 N–H and O–H groups in total. The number of nitrogens with zero attached hydrogens (tertiary/aromatic N) is 3. The average Bonchev–Trinajstić information content (AvgIpc) is 3.34. The van der Waals surface area contributed by atoms with E-state index in [0.29, 0.717) is 18.8 Å². The molecule has 1 aliphatic heterocycles. The summed E-state index contributed by atoms with van der Waals surface area (Å²) in [5.41, 5.74) is 3.78. The summed E-state index contributed by atoms with van der Waals surface area (Å²) in [6.45, 7) is 4.98. The molecule has 6 nitrogen and oxygen atoms in total. The van der Waals surface area contributed by atoms with Crippen LogP contribution in [0.4, 0.5) is 5.69 Å². The van der Waals surface area contributed by atoms with Crippen LogP contribution in [0.2, 0.25) is 0 Å². The first-order valence-corrected chi connectivity index (χ1v) is 13.3. The van der Waals surface area contributed by atoms with Crippen LogP contribution in [0, 0.1) is 0 Å². The van der Waals surface area contributed by atoms with Crippen molar-refractivity contribution < 1.29 is 14.3 Å². The van der Waals surface area contributed by atoms with Gasteiger partial charge in [0.15, 0.2) is 10.1 Å². The minimum absolute atomic E-state index is 0.0911. The molecule has 1 amide bonds. The maximum absolute atomic E-state index is 12.8. The zero-order valence-corrected chi connectivity index (χ0v) is 21.2. The van der Waals surface area contributed by atoms with E-state index in [1.165, 1.54) is 28.7 Å². The first-order chi connectivity index (χ1) is 16.6. The smallest absolute Gasteiger partial charge is 0.228 e. The van der Waals surface area contributed by atoms with Gasteiger partial charge in [-0.3, -0.25) is 9.59 Å². The Bertz CT molecular complexity index is 1120. The van der Waals surface area contributed by atoms with Crippen LogP contribution in [-0.4, -0.2) is 60.6 Å². The second-order valence-corrected chi connectivity index (χ2v) is 10.2. The third-order valence-corrected chi connectivity index (χ3v) is 8.00. The summed E-state index contributed by atoms with van der Waals surface area (Å²) in [7, 11) is 1.68. The number of hydrogen-bond acceptors (Lipinski definition) is 7. The second kappa shape index (κ2) is 11.5. The van der Waals surface area contributed by atoms with E-state index in [4.69, 9.17) is 4.74 Å². The number of thiazole rings is 1. The van der Waals surface area contributed by atoms with Gasteiger partial charge in [0.1, 0.15) is 5.75 Å². The van der Waals surface area contributed by atoms with Gasteiger partial charge in [-0.25, -0.2) is 4.98 Å². The van der Waals surface area contributed by atoms with Crippen molar-refractivity contribution in [1.29, 1.82) is 0 Å². The van der Waals surface area contributed by atoms with E-state index in [-0.39, 0.29) is 18.1 Å². The van der Waals surface area contributed by atoms with E-state index in [2.05, 4.69) is 22.9 Å². The predicted molar refractivity (Wildman–Crippen MR) is 138 cm³/mol. The number of para-hydroxylation sites is 2. The highest BCUT2D eigenvalue weighted by Gasteiger charge is 2.23. The van der Waals surface area contributed by atoms with Crippen LogP contribution >= 0.6 is 23.1 Å². The zero-order valence-electron chi connectivity index (χ0n) is 19.5. The molecule has 8 heteroatoms. The number of carbonyl (C=O) groups excluding carboxylic acids is 2. The number of piperazine rings is 1. The van der Waals surface area contributed by atoms with Gasteiger partial charge in [-0.2, -0.15) is 0 Å². The predicted octanol–water partition coefficient (Wildman–Crippen LogP) is 4.58. The summed E-state index contributed by atoms with van der Waals surface area (Å²) < 4.78 is 6.29. The Balaban J connectivity index is 1.25. The van der Waals surface area contributed by atoms with E-state index in [9.17, 15) is 9.59 Å². The van der Waals surface area contributed by atoms with Crippen molar-refractivity contribution in [2.24, 2.45) is 0 Å². The molecular formula is C26H29N3O3S2. The summed E-state index contributed by atoms with van der Waals surface area (Å²) >= 11 is 2.92. The number of anilines is 1. The largest absolute Gasteiger partial charge is 0.495 e. The molecule has 0 saturated carbocycles. The number of carbonyl (C=O) groups is 2. The molecule has 34 heavy (non-hydrogen) atoms. The second-order valence-electron chi connectivity index (χ2n) is 8.08. The third-order valence-electron chi connectivity index (χ3n) is 5.93. The number of ether oxygens (including phenoxy) is 1. The Morgan fingerprint density at radius 3 is 2.50 bits per heavy atom. The Morgan fingerprint density at radius 1 is 1.06 bits per heavy atom. The topological polar surface area (TPSA) is 62.7 Å². The van der Waals surface area contributed by atoms with Gasteiger partial charge in [-0.1, -0.05) is 55.1 Å². The molecule has 4 rings (SSSR count). The fourth-order valence-corrected chi connectivity index (χ4v) is 5.67. The van der Waals surface area contributed by atoms with Crippen molar-refractivity contribution in [2.75, 3.05) is 43.9 Å². The molecule has 2 aromatic carbocycles. The van der Waals surface area contributed by atoms with Crippen molar-refractivity contribution >= 4 is 40.5 Å². The molecule has 0 bridgehead atoms. The van der Waals surface area contributed by atoms with E-state index < -0.39 is 0 Å². The van der Waals surface area contributed by atoms with Crippen LogP contribution in [0.1, 0.15) is 28.5 Å². The number of aromatic nitrogens is 1. The molecule has 0 unspecified atom stereocenters. The summed E-state index contributed by atoms with van der Waals surface area (Å²) in [6, 6.07) is 15.8. The van der Waals surface area contributed by atoms with Gasteiger partial charge in [0.05, 0.1) is 30.7 Å². The van der Waals surface area contributed by atoms with Crippen LogP contribution in [0.15, 0.2) is 58.3 Å². The third kappa shape index (κ3) is 5.98. The Hall–Kier alpha value is -2.84. The number of thioether (sulfide) groups is 1. The van der Waals surface area contributed by atoms with Gasteiger partial charge in [-0.15, -0.1) is 11.3 Å². The fraction of sp³-hybridized carbons (Fsp3) is 0.346. The minimum atomic E-state index is 0.0911. The normalized spacial score (nSPS) is 13.7.